The molecular weight excluding hydrogens is 270 g/mol. The lowest BCUT2D eigenvalue weighted by Crippen LogP contribution is -2.23. The van der Waals surface area contributed by atoms with Gasteiger partial charge in [-0.3, -0.25) is 0 Å². The Bertz CT molecular complexity index is 694. The lowest BCUT2D eigenvalue weighted by Gasteiger charge is -2.20. The zero-order valence-corrected chi connectivity index (χ0v) is 13.3. The van der Waals surface area contributed by atoms with Gasteiger partial charge in [0.05, 0.1) is 12.2 Å². The predicted octanol–water partition coefficient (Wildman–Crippen LogP) is 3.73. The zero-order valence-electron chi connectivity index (χ0n) is 13.3. The maximum atomic E-state index is 6.46. The van der Waals surface area contributed by atoms with Crippen molar-refractivity contribution in [3.8, 4) is 0 Å². The highest BCUT2D eigenvalue weighted by atomic mass is 16.5. The highest BCUT2D eigenvalue weighted by Gasteiger charge is 2.40. The monoisotopic (exact) mass is 293 g/mol. The molecule has 1 heterocycles. The van der Waals surface area contributed by atoms with Gasteiger partial charge in [0.1, 0.15) is 0 Å². The maximum Gasteiger partial charge on any atom is 0.0901 e. The van der Waals surface area contributed by atoms with Gasteiger partial charge in [0.15, 0.2) is 0 Å². The van der Waals surface area contributed by atoms with Gasteiger partial charge in [0.2, 0.25) is 0 Å². The summed E-state index contributed by atoms with van der Waals surface area (Å²) in [5, 5.41) is 3.27. The van der Waals surface area contributed by atoms with Crippen molar-refractivity contribution >= 4 is 0 Å². The first-order chi connectivity index (χ1) is 10.8. The van der Waals surface area contributed by atoms with Crippen LogP contribution in [0.4, 0.5) is 0 Å². The standard InChI is InChI=1S/C20H23NO/c1-13-7-8-15-10-14-5-3-4-6-17(14)19-11-16(12-21-2)22-20(19)18(15)9-13/h3-9,16,19-21H,10-12H2,1-2H3/t16-,19+,20+/m1/s1. The second-order valence-electron chi connectivity index (χ2n) is 6.66. The van der Waals surface area contributed by atoms with E-state index in [1.807, 2.05) is 7.05 Å². The average Bonchev–Trinajstić information content (AvgIpc) is 2.89. The van der Waals surface area contributed by atoms with Crippen molar-refractivity contribution in [1.82, 2.24) is 5.32 Å². The first-order valence-corrected chi connectivity index (χ1v) is 8.23. The molecule has 1 aliphatic carbocycles. The van der Waals surface area contributed by atoms with Crippen molar-refractivity contribution in [1.29, 1.82) is 0 Å². The Morgan fingerprint density at radius 1 is 1.09 bits per heavy atom. The van der Waals surface area contributed by atoms with Crippen LogP contribution in [-0.4, -0.2) is 19.7 Å². The number of likely N-dealkylation sites (N-methyl/N-ethyl adjacent to an activating group) is 1. The van der Waals surface area contributed by atoms with E-state index in [2.05, 4.69) is 54.7 Å². The van der Waals surface area contributed by atoms with Crippen LogP contribution in [-0.2, 0) is 11.2 Å². The van der Waals surface area contributed by atoms with Crippen LogP contribution in [0.5, 0.6) is 0 Å². The summed E-state index contributed by atoms with van der Waals surface area (Å²) in [5.41, 5.74) is 7.10. The van der Waals surface area contributed by atoms with Gasteiger partial charge < -0.3 is 10.1 Å². The molecule has 0 bridgehead atoms. The number of nitrogens with one attached hydrogen (secondary N) is 1. The molecule has 1 aliphatic heterocycles. The quantitative estimate of drug-likeness (QED) is 0.911. The van der Waals surface area contributed by atoms with Gasteiger partial charge in [-0.25, -0.2) is 0 Å². The molecule has 0 saturated carbocycles. The van der Waals surface area contributed by atoms with Crippen molar-refractivity contribution in [3.63, 3.8) is 0 Å². The van der Waals surface area contributed by atoms with Crippen LogP contribution >= 0.6 is 0 Å². The summed E-state index contributed by atoms with van der Waals surface area (Å²) < 4.78 is 6.46. The zero-order chi connectivity index (χ0) is 15.1. The number of aryl methyl sites for hydroxylation is 1. The van der Waals surface area contributed by atoms with E-state index in [4.69, 9.17) is 4.74 Å². The van der Waals surface area contributed by atoms with Crippen LogP contribution < -0.4 is 5.32 Å². The number of hydrogen-bond donors (Lipinski definition) is 1. The van der Waals surface area contributed by atoms with Gasteiger partial charge in [-0.1, -0.05) is 48.0 Å². The molecule has 22 heavy (non-hydrogen) atoms. The third kappa shape index (κ3) is 2.27. The minimum Gasteiger partial charge on any atom is -0.368 e. The largest absolute Gasteiger partial charge is 0.368 e. The second-order valence-corrected chi connectivity index (χ2v) is 6.66. The average molecular weight is 293 g/mol. The molecule has 1 fully saturated rings. The minimum atomic E-state index is 0.205. The van der Waals surface area contributed by atoms with E-state index in [-0.39, 0.29) is 6.10 Å². The molecule has 0 spiro atoms. The van der Waals surface area contributed by atoms with E-state index >= 15 is 0 Å². The highest BCUT2D eigenvalue weighted by molar-refractivity contribution is 5.46. The van der Waals surface area contributed by atoms with Gasteiger partial charge in [0, 0.05) is 12.5 Å². The smallest absolute Gasteiger partial charge is 0.0901 e. The third-order valence-electron chi connectivity index (χ3n) is 5.10. The molecule has 2 aliphatic rings. The Hall–Kier alpha value is -1.64. The summed E-state index contributed by atoms with van der Waals surface area (Å²) in [6, 6.07) is 15.8. The molecule has 2 aromatic rings. The van der Waals surface area contributed by atoms with Crippen molar-refractivity contribution < 1.29 is 4.74 Å². The van der Waals surface area contributed by atoms with Gasteiger partial charge >= 0.3 is 0 Å². The summed E-state index contributed by atoms with van der Waals surface area (Å²) in [6.45, 7) is 3.10. The Labute approximate surface area is 132 Å². The molecule has 3 atom stereocenters. The van der Waals surface area contributed by atoms with Crippen LogP contribution in [0.25, 0.3) is 0 Å². The summed E-state index contributed by atoms with van der Waals surface area (Å²) in [5.74, 6) is 0.484. The molecule has 2 aromatic carbocycles. The van der Waals surface area contributed by atoms with E-state index in [1.165, 1.54) is 27.8 Å². The molecule has 2 heteroatoms. The molecule has 114 valence electrons. The number of ether oxygens (including phenoxy) is 1. The normalized spacial score (nSPS) is 26.0. The molecule has 2 nitrogen and oxygen atoms in total. The highest BCUT2D eigenvalue weighted by Crippen LogP contribution is 2.49. The van der Waals surface area contributed by atoms with Gasteiger partial charge in [-0.05, 0) is 49.1 Å². The maximum absolute atomic E-state index is 6.46. The first-order valence-electron chi connectivity index (χ1n) is 8.23. The van der Waals surface area contributed by atoms with E-state index in [1.54, 1.807) is 0 Å². The lowest BCUT2D eigenvalue weighted by molar-refractivity contribution is 0.0419. The van der Waals surface area contributed by atoms with Gasteiger partial charge in [-0.2, -0.15) is 0 Å². The van der Waals surface area contributed by atoms with E-state index in [0.717, 1.165) is 19.4 Å². The predicted molar refractivity (Wildman–Crippen MR) is 89.3 cm³/mol. The third-order valence-corrected chi connectivity index (χ3v) is 5.10. The Morgan fingerprint density at radius 2 is 1.91 bits per heavy atom. The molecular formula is C20H23NO. The number of fused-ring (bicyclic) bond motifs is 5. The number of benzene rings is 2. The van der Waals surface area contributed by atoms with Gasteiger partial charge in [0.25, 0.3) is 0 Å². The first kappa shape index (κ1) is 14.0. The number of hydrogen-bond acceptors (Lipinski definition) is 2. The Balaban J connectivity index is 1.84. The van der Waals surface area contributed by atoms with Crippen LogP contribution in [0.1, 0.15) is 46.3 Å². The molecule has 0 unspecified atom stereocenters. The van der Waals surface area contributed by atoms with Crippen molar-refractivity contribution in [2.45, 2.75) is 37.9 Å². The minimum absolute atomic E-state index is 0.205. The SMILES string of the molecule is CNC[C@H]1C[C@H]2c3ccccc3Cc3ccc(C)cc3[C@@H]2O1. The molecule has 0 aromatic heterocycles. The second kappa shape index (κ2) is 5.53. The molecule has 1 N–H and O–H groups in total. The molecule has 1 saturated heterocycles. The Morgan fingerprint density at radius 3 is 2.77 bits per heavy atom. The van der Waals surface area contributed by atoms with E-state index in [0.29, 0.717) is 12.0 Å². The van der Waals surface area contributed by atoms with Crippen LogP contribution in [0, 0.1) is 6.92 Å². The summed E-state index contributed by atoms with van der Waals surface area (Å²) in [6.07, 6.45) is 2.64. The fraction of sp³-hybridized carbons (Fsp3) is 0.400. The van der Waals surface area contributed by atoms with Gasteiger partial charge in [-0.15, -0.1) is 0 Å². The molecule has 0 amide bonds. The fourth-order valence-electron chi connectivity index (χ4n) is 4.11. The van der Waals surface area contributed by atoms with Crippen LogP contribution in [0.2, 0.25) is 0 Å². The topological polar surface area (TPSA) is 21.3 Å². The van der Waals surface area contributed by atoms with Crippen molar-refractivity contribution in [3.05, 3.63) is 70.3 Å². The van der Waals surface area contributed by atoms with E-state index in [9.17, 15) is 0 Å². The summed E-state index contributed by atoms with van der Waals surface area (Å²) in [4.78, 5) is 0. The fourth-order valence-corrected chi connectivity index (χ4v) is 4.11. The van der Waals surface area contributed by atoms with Crippen molar-refractivity contribution in [2.24, 2.45) is 0 Å². The van der Waals surface area contributed by atoms with Crippen LogP contribution in [0.15, 0.2) is 42.5 Å². The molecule has 4 rings (SSSR count). The lowest BCUT2D eigenvalue weighted by atomic mass is 9.87. The summed E-state index contributed by atoms with van der Waals surface area (Å²) >= 11 is 0. The number of rotatable bonds is 2. The van der Waals surface area contributed by atoms with Crippen molar-refractivity contribution in [2.75, 3.05) is 13.6 Å². The Kier molecular flexibility index (Phi) is 3.51. The van der Waals surface area contributed by atoms with Crippen LogP contribution in [0.3, 0.4) is 0 Å². The van der Waals surface area contributed by atoms with E-state index < -0.39 is 0 Å². The molecule has 0 radical (unpaired) electrons. The summed E-state index contributed by atoms with van der Waals surface area (Å²) in [7, 11) is 2.00.